The number of amides is 1. The molecule has 10 heteroatoms. The molecular weight excluding hydrogens is 402 g/mol. The minimum Gasteiger partial charge on any atom is -0.364 e. The molecule has 1 amide bonds. The lowest BCUT2D eigenvalue weighted by Crippen LogP contribution is -2.31. The first-order valence-electron chi connectivity index (χ1n) is 8.25. The predicted molar refractivity (Wildman–Crippen MR) is 109 cm³/mol. The Bertz CT molecular complexity index is 1130. The zero-order chi connectivity index (χ0) is 21.3. The fourth-order valence-electron chi connectivity index (χ4n) is 2.66. The van der Waals surface area contributed by atoms with Crippen molar-refractivity contribution in [2.24, 2.45) is 5.14 Å². The summed E-state index contributed by atoms with van der Waals surface area (Å²) in [5.41, 5.74) is 2.84. The number of likely N-dealkylation sites (N-methyl/N-ethyl adjacent to an activating group) is 1. The standard InChI is InChI=1S/C18H23N3O5S2/c1-12-6-5-7-15(13(12)2)20-18(22)11-21(3)16-9-8-14(28(19,25)26)10-17(16)27(4,23)24/h5-10H,11H2,1-4H3,(H,20,22)(H2,19,25,26). The number of nitrogens with two attached hydrogens (primary N) is 1. The van der Waals surface area contributed by atoms with Crippen molar-refractivity contribution < 1.29 is 21.6 Å². The second kappa shape index (κ2) is 7.90. The zero-order valence-corrected chi connectivity index (χ0v) is 17.7. The lowest BCUT2D eigenvalue weighted by molar-refractivity contribution is -0.114. The van der Waals surface area contributed by atoms with Crippen LogP contribution in [-0.2, 0) is 24.7 Å². The summed E-state index contributed by atoms with van der Waals surface area (Å²) in [4.78, 5) is 13.3. The first-order valence-corrected chi connectivity index (χ1v) is 11.7. The fourth-order valence-corrected chi connectivity index (χ4v) is 4.22. The molecule has 0 radical (unpaired) electrons. The van der Waals surface area contributed by atoms with E-state index >= 15 is 0 Å². The second-order valence-corrected chi connectivity index (χ2v) is 10.1. The van der Waals surface area contributed by atoms with Gasteiger partial charge in [0, 0.05) is 19.0 Å². The number of carbonyl (C=O) groups excluding carboxylic acids is 1. The highest BCUT2D eigenvalue weighted by Gasteiger charge is 2.21. The second-order valence-electron chi connectivity index (χ2n) is 6.60. The Morgan fingerprint density at radius 3 is 2.32 bits per heavy atom. The third kappa shape index (κ3) is 5.09. The van der Waals surface area contributed by atoms with Crippen molar-refractivity contribution in [3.8, 4) is 0 Å². The lowest BCUT2D eigenvalue weighted by atomic mass is 10.1. The summed E-state index contributed by atoms with van der Waals surface area (Å²) in [6.45, 7) is 3.69. The molecule has 2 rings (SSSR count). The van der Waals surface area contributed by atoms with Gasteiger partial charge < -0.3 is 10.2 Å². The van der Waals surface area contributed by atoms with Crippen molar-refractivity contribution in [3.05, 3.63) is 47.5 Å². The minimum atomic E-state index is -4.06. The molecule has 0 bridgehead atoms. The maximum absolute atomic E-state index is 12.4. The molecule has 0 atom stereocenters. The summed E-state index contributed by atoms with van der Waals surface area (Å²) in [5, 5.41) is 7.89. The molecular formula is C18H23N3O5S2. The number of hydrogen-bond donors (Lipinski definition) is 2. The average Bonchev–Trinajstić information content (AvgIpc) is 2.56. The van der Waals surface area contributed by atoms with Crippen molar-refractivity contribution in [2.75, 3.05) is 30.1 Å². The highest BCUT2D eigenvalue weighted by atomic mass is 32.2. The number of primary sulfonamides is 1. The van der Waals surface area contributed by atoms with Crippen LogP contribution in [-0.4, -0.2) is 42.6 Å². The summed E-state index contributed by atoms with van der Waals surface area (Å²) in [6.07, 6.45) is 0.961. The number of carbonyl (C=O) groups is 1. The molecule has 0 aliphatic rings. The van der Waals surface area contributed by atoms with Gasteiger partial charge in [0.25, 0.3) is 0 Å². The van der Waals surface area contributed by atoms with Gasteiger partial charge in [-0.1, -0.05) is 12.1 Å². The van der Waals surface area contributed by atoms with Gasteiger partial charge in [-0.3, -0.25) is 4.79 Å². The maximum Gasteiger partial charge on any atom is 0.243 e. The van der Waals surface area contributed by atoms with Crippen LogP contribution in [0.4, 0.5) is 11.4 Å². The van der Waals surface area contributed by atoms with Crippen LogP contribution in [0.15, 0.2) is 46.2 Å². The number of rotatable bonds is 6. The summed E-state index contributed by atoms with van der Waals surface area (Å²) in [7, 11) is -6.28. The number of nitrogens with zero attached hydrogens (tertiary/aromatic N) is 1. The fraction of sp³-hybridized carbons (Fsp3) is 0.278. The predicted octanol–water partition coefficient (Wildman–Crippen LogP) is 1.43. The molecule has 0 aromatic heterocycles. The van der Waals surface area contributed by atoms with Crippen molar-refractivity contribution in [1.82, 2.24) is 0 Å². The summed E-state index contributed by atoms with van der Waals surface area (Å²) < 4.78 is 47.3. The molecule has 0 spiro atoms. The van der Waals surface area contributed by atoms with Crippen molar-refractivity contribution in [1.29, 1.82) is 0 Å². The van der Waals surface area contributed by atoms with Gasteiger partial charge in [0.1, 0.15) is 0 Å². The summed E-state index contributed by atoms with van der Waals surface area (Å²) in [5.74, 6) is -0.342. The van der Waals surface area contributed by atoms with E-state index in [0.717, 1.165) is 23.4 Å². The Morgan fingerprint density at radius 2 is 1.75 bits per heavy atom. The molecule has 0 saturated heterocycles. The van der Waals surface area contributed by atoms with E-state index in [9.17, 15) is 21.6 Å². The van der Waals surface area contributed by atoms with Gasteiger partial charge in [-0.25, -0.2) is 22.0 Å². The van der Waals surface area contributed by atoms with Crippen LogP contribution in [0.2, 0.25) is 0 Å². The van der Waals surface area contributed by atoms with Crippen molar-refractivity contribution in [3.63, 3.8) is 0 Å². The molecule has 28 heavy (non-hydrogen) atoms. The van der Waals surface area contributed by atoms with Gasteiger partial charge in [-0.2, -0.15) is 0 Å². The van der Waals surface area contributed by atoms with Gasteiger partial charge in [0.05, 0.1) is 22.0 Å². The van der Waals surface area contributed by atoms with Gasteiger partial charge in [0.2, 0.25) is 15.9 Å². The molecule has 0 unspecified atom stereocenters. The van der Waals surface area contributed by atoms with Crippen LogP contribution >= 0.6 is 0 Å². The Labute approximate surface area is 165 Å². The van der Waals surface area contributed by atoms with Gasteiger partial charge in [-0.05, 0) is 49.2 Å². The Morgan fingerprint density at radius 1 is 1.11 bits per heavy atom. The first kappa shape index (κ1) is 21.9. The third-order valence-electron chi connectivity index (χ3n) is 4.33. The maximum atomic E-state index is 12.4. The largest absolute Gasteiger partial charge is 0.364 e. The zero-order valence-electron chi connectivity index (χ0n) is 16.1. The van der Waals surface area contributed by atoms with Gasteiger partial charge in [0.15, 0.2) is 9.84 Å². The van der Waals surface area contributed by atoms with E-state index in [2.05, 4.69) is 5.32 Å². The number of sulfonamides is 1. The van der Waals surface area contributed by atoms with Crippen LogP contribution in [0, 0.1) is 13.8 Å². The lowest BCUT2D eigenvalue weighted by Gasteiger charge is -2.22. The Hall–Kier alpha value is -2.43. The average molecular weight is 426 g/mol. The monoisotopic (exact) mass is 425 g/mol. The molecule has 0 aliphatic carbocycles. The Kier molecular flexibility index (Phi) is 6.17. The van der Waals surface area contributed by atoms with E-state index in [0.29, 0.717) is 5.69 Å². The number of sulfone groups is 1. The molecule has 3 N–H and O–H groups in total. The smallest absolute Gasteiger partial charge is 0.243 e. The van der Waals surface area contributed by atoms with Crippen LogP contribution < -0.4 is 15.4 Å². The SMILES string of the molecule is Cc1cccc(NC(=O)CN(C)c2ccc(S(N)(=O)=O)cc2S(C)(=O)=O)c1C. The summed E-state index contributed by atoms with van der Waals surface area (Å²) >= 11 is 0. The minimum absolute atomic E-state index is 0.134. The molecule has 0 aliphatic heterocycles. The topological polar surface area (TPSA) is 127 Å². The van der Waals surface area contributed by atoms with E-state index in [4.69, 9.17) is 5.14 Å². The van der Waals surface area contributed by atoms with Crippen LogP contribution in [0.1, 0.15) is 11.1 Å². The molecule has 2 aromatic carbocycles. The number of benzene rings is 2. The normalized spacial score (nSPS) is 11.9. The summed E-state index contributed by atoms with van der Waals surface area (Å²) in [6, 6.07) is 9.07. The highest BCUT2D eigenvalue weighted by Crippen LogP contribution is 2.27. The Balaban J connectivity index is 2.32. The molecule has 0 fully saturated rings. The number of hydrogen-bond acceptors (Lipinski definition) is 6. The molecule has 8 nitrogen and oxygen atoms in total. The first-order chi connectivity index (χ1) is 12.8. The van der Waals surface area contributed by atoms with E-state index in [1.165, 1.54) is 17.0 Å². The molecule has 2 aromatic rings. The molecule has 152 valence electrons. The van der Waals surface area contributed by atoms with Gasteiger partial charge >= 0.3 is 0 Å². The molecule has 0 saturated carbocycles. The van der Waals surface area contributed by atoms with Crippen LogP contribution in [0.25, 0.3) is 0 Å². The number of nitrogens with one attached hydrogen (secondary N) is 1. The van der Waals surface area contributed by atoms with Crippen molar-refractivity contribution >= 4 is 37.1 Å². The van der Waals surface area contributed by atoms with E-state index in [1.807, 2.05) is 26.0 Å². The third-order valence-corrected chi connectivity index (χ3v) is 6.37. The van der Waals surface area contributed by atoms with E-state index < -0.39 is 19.9 Å². The highest BCUT2D eigenvalue weighted by molar-refractivity contribution is 7.91. The van der Waals surface area contributed by atoms with E-state index in [-0.39, 0.29) is 27.9 Å². The van der Waals surface area contributed by atoms with Crippen LogP contribution in [0.5, 0.6) is 0 Å². The van der Waals surface area contributed by atoms with E-state index in [1.54, 1.807) is 13.1 Å². The molecule has 0 heterocycles. The quantitative estimate of drug-likeness (QED) is 0.721. The van der Waals surface area contributed by atoms with Crippen molar-refractivity contribution in [2.45, 2.75) is 23.6 Å². The van der Waals surface area contributed by atoms with Gasteiger partial charge in [-0.15, -0.1) is 0 Å². The number of anilines is 2. The number of aryl methyl sites for hydroxylation is 1. The van der Waals surface area contributed by atoms with Crippen LogP contribution in [0.3, 0.4) is 0 Å².